The van der Waals surface area contributed by atoms with Crippen molar-refractivity contribution in [3.05, 3.63) is 35.4 Å². The highest BCUT2D eigenvalue weighted by Crippen LogP contribution is 2.30. The van der Waals surface area contributed by atoms with E-state index in [1.165, 1.54) is 28.9 Å². The number of carbonyl (C=O) groups is 2. The van der Waals surface area contributed by atoms with Crippen molar-refractivity contribution in [2.75, 3.05) is 26.2 Å². The lowest BCUT2D eigenvalue weighted by atomic mass is 9.86. The molecule has 2 aliphatic rings. The number of hydrogen-bond acceptors (Lipinski definition) is 3. The Labute approximate surface area is 144 Å². The van der Waals surface area contributed by atoms with Crippen LogP contribution in [0.5, 0.6) is 0 Å². The van der Waals surface area contributed by atoms with Crippen LogP contribution in [0.15, 0.2) is 24.3 Å². The largest absolute Gasteiger partial charge is 0.303 e. The summed E-state index contributed by atoms with van der Waals surface area (Å²) in [5, 5.41) is 0. The number of piperidine rings is 1. The lowest BCUT2D eigenvalue weighted by Crippen LogP contribution is -2.36. The van der Waals surface area contributed by atoms with E-state index >= 15 is 0 Å². The van der Waals surface area contributed by atoms with E-state index in [1.807, 2.05) is 0 Å². The molecule has 1 aromatic rings. The SMILES string of the molecule is CCc1ccccc1C1CCN(CCCN2C(=O)CCC2=O)CC1. The van der Waals surface area contributed by atoms with Crippen LogP contribution in [0.1, 0.15) is 56.1 Å². The van der Waals surface area contributed by atoms with E-state index in [-0.39, 0.29) is 11.8 Å². The van der Waals surface area contributed by atoms with Gasteiger partial charge in [-0.3, -0.25) is 14.5 Å². The second-order valence-electron chi connectivity index (χ2n) is 6.96. The maximum absolute atomic E-state index is 11.6. The number of rotatable bonds is 6. The predicted octanol–water partition coefficient (Wildman–Crippen LogP) is 2.97. The molecule has 0 unspecified atom stereocenters. The number of hydrogen-bond donors (Lipinski definition) is 0. The highest BCUT2D eigenvalue weighted by atomic mass is 16.2. The zero-order valence-electron chi connectivity index (χ0n) is 14.7. The molecule has 1 aromatic carbocycles. The van der Waals surface area contributed by atoms with Crippen LogP contribution in [0.2, 0.25) is 0 Å². The summed E-state index contributed by atoms with van der Waals surface area (Å²) in [6.45, 7) is 6.04. The first-order valence-electron chi connectivity index (χ1n) is 9.32. The van der Waals surface area contributed by atoms with Crippen LogP contribution in [0.4, 0.5) is 0 Å². The molecule has 2 heterocycles. The summed E-state index contributed by atoms with van der Waals surface area (Å²) < 4.78 is 0. The minimum absolute atomic E-state index is 0.00915. The highest BCUT2D eigenvalue weighted by molar-refractivity contribution is 6.01. The Morgan fingerprint density at radius 3 is 2.33 bits per heavy atom. The molecule has 0 atom stereocenters. The molecule has 0 aliphatic carbocycles. The molecule has 2 amide bonds. The molecule has 0 bridgehead atoms. The summed E-state index contributed by atoms with van der Waals surface area (Å²) in [7, 11) is 0. The molecule has 0 saturated carbocycles. The molecule has 130 valence electrons. The zero-order chi connectivity index (χ0) is 16.9. The molecule has 4 nitrogen and oxygen atoms in total. The van der Waals surface area contributed by atoms with Gasteiger partial charge in [-0.05, 0) is 62.4 Å². The molecular formula is C20H28N2O2. The fraction of sp³-hybridized carbons (Fsp3) is 0.600. The number of imide groups is 1. The summed E-state index contributed by atoms with van der Waals surface area (Å²) in [5.41, 5.74) is 3.02. The molecule has 0 spiro atoms. The average molecular weight is 328 g/mol. The third-order valence-electron chi connectivity index (χ3n) is 5.47. The van der Waals surface area contributed by atoms with Gasteiger partial charge in [-0.1, -0.05) is 31.2 Å². The van der Waals surface area contributed by atoms with Crippen LogP contribution in [-0.4, -0.2) is 47.8 Å². The number of benzene rings is 1. The van der Waals surface area contributed by atoms with Gasteiger partial charge < -0.3 is 4.90 Å². The summed E-state index contributed by atoms with van der Waals surface area (Å²) in [6.07, 6.45) is 5.22. The Balaban J connectivity index is 1.44. The molecule has 2 fully saturated rings. The molecule has 24 heavy (non-hydrogen) atoms. The second kappa shape index (κ2) is 7.93. The lowest BCUT2D eigenvalue weighted by Gasteiger charge is -2.33. The van der Waals surface area contributed by atoms with Crippen LogP contribution in [0, 0.1) is 0 Å². The Hall–Kier alpha value is -1.68. The van der Waals surface area contributed by atoms with Crippen LogP contribution < -0.4 is 0 Å². The number of likely N-dealkylation sites (tertiary alicyclic amines) is 2. The standard InChI is InChI=1S/C20H28N2O2/c1-2-16-6-3-4-7-18(16)17-10-14-21(15-11-17)12-5-13-22-19(23)8-9-20(22)24/h3-4,6-7,17H,2,5,8-15H2,1H3. The Bertz CT molecular complexity index is 575. The Morgan fingerprint density at radius 1 is 1.00 bits per heavy atom. The van der Waals surface area contributed by atoms with Crippen molar-refractivity contribution in [3.63, 3.8) is 0 Å². The first-order valence-corrected chi connectivity index (χ1v) is 9.32. The summed E-state index contributed by atoms with van der Waals surface area (Å²) in [5.74, 6) is 0.698. The van der Waals surface area contributed by atoms with Crippen molar-refractivity contribution < 1.29 is 9.59 Å². The maximum Gasteiger partial charge on any atom is 0.229 e. The minimum Gasteiger partial charge on any atom is -0.303 e. The molecule has 0 radical (unpaired) electrons. The monoisotopic (exact) mass is 328 g/mol. The topological polar surface area (TPSA) is 40.6 Å². The second-order valence-corrected chi connectivity index (χ2v) is 6.96. The van der Waals surface area contributed by atoms with Gasteiger partial charge in [-0.15, -0.1) is 0 Å². The van der Waals surface area contributed by atoms with Crippen molar-refractivity contribution in [3.8, 4) is 0 Å². The van der Waals surface area contributed by atoms with E-state index in [0.717, 1.165) is 32.5 Å². The number of aryl methyl sites for hydroxylation is 1. The maximum atomic E-state index is 11.6. The van der Waals surface area contributed by atoms with Crippen molar-refractivity contribution in [1.29, 1.82) is 0 Å². The molecule has 3 rings (SSSR count). The Kier molecular flexibility index (Phi) is 5.67. The van der Waals surface area contributed by atoms with Crippen molar-refractivity contribution >= 4 is 11.8 Å². The van der Waals surface area contributed by atoms with E-state index in [0.29, 0.717) is 25.3 Å². The quantitative estimate of drug-likeness (QED) is 0.754. The van der Waals surface area contributed by atoms with Gasteiger partial charge in [0.15, 0.2) is 0 Å². The summed E-state index contributed by atoms with van der Waals surface area (Å²) in [6, 6.07) is 8.85. The normalized spacial score (nSPS) is 20.1. The van der Waals surface area contributed by atoms with Crippen LogP contribution >= 0.6 is 0 Å². The highest BCUT2D eigenvalue weighted by Gasteiger charge is 2.28. The Morgan fingerprint density at radius 2 is 1.67 bits per heavy atom. The van der Waals surface area contributed by atoms with Crippen LogP contribution in [0.25, 0.3) is 0 Å². The van der Waals surface area contributed by atoms with Gasteiger partial charge >= 0.3 is 0 Å². The van der Waals surface area contributed by atoms with E-state index in [4.69, 9.17) is 0 Å². The third kappa shape index (κ3) is 3.86. The van der Waals surface area contributed by atoms with E-state index in [1.54, 1.807) is 0 Å². The van der Waals surface area contributed by atoms with Gasteiger partial charge in [-0.2, -0.15) is 0 Å². The molecule has 2 saturated heterocycles. The first kappa shape index (κ1) is 17.2. The van der Waals surface area contributed by atoms with Crippen molar-refractivity contribution in [2.45, 2.75) is 51.4 Å². The van der Waals surface area contributed by atoms with Gasteiger partial charge in [0, 0.05) is 19.4 Å². The molecule has 2 aliphatic heterocycles. The first-order chi connectivity index (χ1) is 11.7. The van der Waals surface area contributed by atoms with Gasteiger partial charge in [0.05, 0.1) is 0 Å². The van der Waals surface area contributed by atoms with Gasteiger partial charge in [0.25, 0.3) is 0 Å². The molecule has 4 heteroatoms. The zero-order valence-corrected chi connectivity index (χ0v) is 14.7. The van der Waals surface area contributed by atoms with Gasteiger partial charge in [0.1, 0.15) is 0 Å². The van der Waals surface area contributed by atoms with E-state index in [9.17, 15) is 9.59 Å². The molecule has 0 N–H and O–H groups in total. The number of amides is 2. The fourth-order valence-corrected chi connectivity index (χ4v) is 4.05. The van der Waals surface area contributed by atoms with Gasteiger partial charge in [0.2, 0.25) is 11.8 Å². The molecular weight excluding hydrogens is 300 g/mol. The summed E-state index contributed by atoms with van der Waals surface area (Å²) in [4.78, 5) is 27.2. The van der Waals surface area contributed by atoms with Crippen molar-refractivity contribution in [2.24, 2.45) is 0 Å². The van der Waals surface area contributed by atoms with Gasteiger partial charge in [-0.25, -0.2) is 0 Å². The number of nitrogens with zero attached hydrogens (tertiary/aromatic N) is 2. The van der Waals surface area contributed by atoms with E-state index < -0.39 is 0 Å². The third-order valence-corrected chi connectivity index (χ3v) is 5.47. The number of carbonyl (C=O) groups excluding carboxylic acids is 2. The lowest BCUT2D eigenvalue weighted by molar-refractivity contribution is -0.138. The van der Waals surface area contributed by atoms with Crippen LogP contribution in [-0.2, 0) is 16.0 Å². The van der Waals surface area contributed by atoms with Crippen LogP contribution in [0.3, 0.4) is 0 Å². The van der Waals surface area contributed by atoms with E-state index in [2.05, 4.69) is 36.1 Å². The fourth-order valence-electron chi connectivity index (χ4n) is 4.05. The summed E-state index contributed by atoms with van der Waals surface area (Å²) >= 11 is 0. The average Bonchev–Trinajstić information content (AvgIpc) is 2.94. The molecule has 0 aromatic heterocycles. The van der Waals surface area contributed by atoms with Crippen molar-refractivity contribution in [1.82, 2.24) is 9.80 Å². The predicted molar refractivity (Wildman–Crippen MR) is 94.8 cm³/mol. The minimum atomic E-state index is 0.00915. The smallest absolute Gasteiger partial charge is 0.229 e.